The second-order valence-corrected chi connectivity index (χ2v) is 5.31. The van der Waals surface area contributed by atoms with E-state index in [1.807, 2.05) is 0 Å². The van der Waals surface area contributed by atoms with Crippen molar-refractivity contribution in [2.75, 3.05) is 32.8 Å². The molecule has 1 aromatic rings. The molecule has 1 aliphatic rings. The van der Waals surface area contributed by atoms with Gasteiger partial charge < -0.3 is 10.4 Å². The summed E-state index contributed by atoms with van der Waals surface area (Å²) >= 11 is 0. The van der Waals surface area contributed by atoms with Gasteiger partial charge in [-0.15, -0.1) is 0 Å². The molecule has 0 bridgehead atoms. The summed E-state index contributed by atoms with van der Waals surface area (Å²) in [5, 5.41) is 13.0. The van der Waals surface area contributed by atoms with E-state index >= 15 is 0 Å². The van der Waals surface area contributed by atoms with Gasteiger partial charge >= 0.3 is 0 Å². The Kier molecular flexibility index (Phi) is 4.75. The second kappa shape index (κ2) is 6.32. The fraction of sp³-hybridized carbons (Fsp3) is 0.600. The Morgan fingerprint density at radius 2 is 1.67 bits per heavy atom. The minimum Gasteiger partial charge on any atom is -0.394 e. The van der Waals surface area contributed by atoms with Crippen molar-refractivity contribution in [3.05, 3.63) is 35.4 Å². The summed E-state index contributed by atoms with van der Waals surface area (Å²) in [5.74, 6) is 0.561. The van der Waals surface area contributed by atoms with Crippen LogP contribution in [0.15, 0.2) is 24.3 Å². The molecule has 100 valence electrons. The maximum absolute atomic E-state index is 9.65. The Morgan fingerprint density at radius 1 is 1.11 bits per heavy atom. The zero-order chi connectivity index (χ0) is 13.0. The molecule has 1 fully saturated rings. The summed E-state index contributed by atoms with van der Waals surface area (Å²) in [7, 11) is 0. The average Bonchev–Trinajstić information content (AvgIpc) is 2.41. The molecule has 18 heavy (non-hydrogen) atoms. The van der Waals surface area contributed by atoms with Crippen LogP contribution in [-0.4, -0.2) is 42.8 Å². The summed E-state index contributed by atoms with van der Waals surface area (Å²) in [6.45, 7) is 8.65. The number of aliphatic hydroxyl groups is 1. The molecule has 1 heterocycles. The number of hydrogen-bond acceptors (Lipinski definition) is 3. The third kappa shape index (κ3) is 3.10. The molecule has 0 saturated carbocycles. The molecule has 0 aromatic heterocycles. The van der Waals surface area contributed by atoms with Crippen LogP contribution in [0.1, 0.15) is 36.9 Å². The van der Waals surface area contributed by atoms with Crippen LogP contribution in [0.3, 0.4) is 0 Å². The lowest BCUT2D eigenvalue weighted by Crippen LogP contribution is -2.46. The van der Waals surface area contributed by atoms with Crippen LogP contribution in [-0.2, 0) is 0 Å². The van der Waals surface area contributed by atoms with Gasteiger partial charge in [0.2, 0.25) is 0 Å². The highest BCUT2D eigenvalue weighted by Crippen LogP contribution is 2.23. The van der Waals surface area contributed by atoms with E-state index in [1.165, 1.54) is 11.1 Å². The SMILES string of the molecule is CC(C)c1ccc([C@H](CO)N2CCNCC2)cc1. The lowest BCUT2D eigenvalue weighted by molar-refractivity contribution is 0.111. The lowest BCUT2D eigenvalue weighted by Gasteiger charge is -2.34. The number of nitrogens with zero attached hydrogens (tertiary/aromatic N) is 1. The highest BCUT2D eigenvalue weighted by atomic mass is 16.3. The van der Waals surface area contributed by atoms with Gasteiger partial charge in [0, 0.05) is 26.2 Å². The van der Waals surface area contributed by atoms with E-state index < -0.39 is 0 Å². The zero-order valence-electron chi connectivity index (χ0n) is 11.4. The fourth-order valence-corrected chi connectivity index (χ4v) is 2.53. The van der Waals surface area contributed by atoms with Crippen molar-refractivity contribution in [3.8, 4) is 0 Å². The van der Waals surface area contributed by atoms with E-state index in [2.05, 4.69) is 48.3 Å². The third-order valence-corrected chi connectivity index (χ3v) is 3.75. The van der Waals surface area contributed by atoms with Crippen LogP contribution in [0.2, 0.25) is 0 Å². The maximum atomic E-state index is 9.65. The molecule has 2 rings (SSSR count). The van der Waals surface area contributed by atoms with Crippen molar-refractivity contribution in [1.82, 2.24) is 10.2 Å². The van der Waals surface area contributed by atoms with E-state index in [0.29, 0.717) is 5.92 Å². The molecule has 0 amide bonds. The van der Waals surface area contributed by atoms with Gasteiger partial charge in [-0.2, -0.15) is 0 Å². The Bertz CT molecular complexity index is 355. The van der Waals surface area contributed by atoms with Crippen molar-refractivity contribution < 1.29 is 5.11 Å². The van der Waals surface area contributed by atoms with E-state index in [9.17, 15) is 5.11 Å². The van der Waals surface area contributed by atoms with Crippen molar-refractivity contribution >= 4 is 0 Å². The van der Waals surface area contributed by atoms with Crippen LogP contribution < -0.4 is 5.32 Å². The predicted molar refractivity (Wildman–Crippen MR) is 74.8 cm³/mol. The number of piperazine rings is 1. The number of benzene rings is 1. The van der Waals surface area contributed by atoms with Gasteiger partial charge in [0.05, 0.1) is 12.6 Å². The zero-order valence-corrected chi connectivity index (χ0v) is 11.4. The third-order valence-electron chi connectivity index (χ3n) is 3.75. The largest absolute Gasteiger partial charge is 0.394 e. The number of nitrogens with one attached hydrogen (secondary N) is 1. The summed E-state index contributed by atoms with van der Waals surface area (Å²) in [6, 6.07) is 8.85. The molecular weight excluding hydrogens is 224 g/mol. The van der Waals surface area contributed by atoms with Crippen LogP contribution in [0.25, 0.3) is 0 Å². The normalized spacial score (nSPS) is 19.1. The Balaban J connectivity index is 2.11. The van der Waals surface area contributed by atoms with Crippen LogP contribution >= 0.6 is 0 Å². The molecule has 3 nitrogen and oxygen atoms in total. The molecule has 1 aromatic carbocycles. The topological polar surface area (TPSA) is 35.5 Å². The summed E-state index contributed by atoms with van der Waals surface area (Å²) < 4.78 is 0. The first-order valence-corrected chi connectivity index (χ1v) is 6.88. The monoisotopic (exact) mass is 248 g/mol. The van der Waals surface area contributed by atoms with Crippen molar-refractivity contribution in [1.29, 1.82) is 0 Å². The van der Waals surface area contributed by atoms with Gasteiger partial charge in [-0.1, -0.05) is 38.1 Å². The minimum atomic E-state index is 0.147. The first kappa shape index (κ1) is 13.5. The van der Waals surface area contributed by atoms with Crippen molar-refractivity contribution in [2.24, 2.45) is 0 Å². The van der Waals surface area contributed by atoms with Crippen molar-refractivity contribution in [3.63, 3.8) is 0 Å². The van der Waals surface area contributed by atoms with Crippen molar-refractivity contribution in [2.45, 2.75) is 25.8 Å². The van der Waals surface area contributed by atoms with Gasteiger partial charge in [0.25, 0.3) is 0 Å². The summed E-state index contributed by atoms with van der Waals surface area (Å²) in [4.78, 5) is 2.36. The lowest BCUT2D eigenvalue weighted by atomic mass is 9.98. The van der Waals surface area contributed by atoms with E-state index in [1.54, 1.807) is 0 Å². The molecule has 0 spiro atoms. The van der Waals surface area contributed by atoms with Gasteiger partial charge in [-0.3, -0.25) is 4.90 Å². The van der Waals surface area contributed by atoms with Crippen LogP contribution in [0.4, 0.5) is 0 Å². The Hall–Kier alpha value is -0.900. The van der Waals surface area contributed by atoms with Gasteiger partial charge in [-0.25, -0.2) is 0 Å². The molecule has 0 aliphatic carbocycles. The highest BCUT2D eigenvalue weighted by molar-refractivity contribution is 5.27. The summed E-state index contributed by atoms with van der Waals surface area (Å²) in [6.07, 6.45) is 0. The second-order valence-electron chi connectivity index (χ2n) is 5.31. The minimum absolute atomic E-state index is 0.147. The number of hydrogen-bond donors (Lipinski definition) is 2. The van der Waals surface area contributed by atoms with Crippen LogP contribution in [0, 0.1) is 0 Å². The quantitative estimate of drug-likeness (QED) is 0.852. The maximum Gasteiger partial charge on any atom is 0.0628 e. The summed E-state index contributed by atoms with van der Waals surface area (Å²) in [5.41, 5.74) is 2.58. The molecule has 0 radical (unpaired) electrons. The molecule has 3 heteroatoms. The first-order chi connectivity index (χ1) is 8.72. The standard InChI is InChI=1S/C15H24N2O/c1-12(2)13-3-5-14(6-4-13)15(11-18)17-9-7-16-8-10-17/h3-6,12,15-16,18H,7-11H2,1-2H3/t15-/m0/s1. The molecule has 0 unspecified atom stereocenters. The van der Waals surface area contributed by atoms with Gasteiger partial charge in [-0.05, 0) is 17.0 Å². The molecule has 1 aliphatic heterocycles. The molecule has 1 atom stereocenters. The molecule has 2 N–H and O–H groups in total. The van der Waals surface area contributed by atoms with E-state index in [0.717, 1.165) is 26.2 Å². The van der Waals surface area contributed by atoms with Crippen LogP contribution in [0.5, 0.6) is 0 Å². The molecular formula is C15H24N2O. The fourth-order valence-electron chi connectivity index (χ4n) is 2.53. The highest BCUT2D eigenvalue weighted by Gasteiger charge is 2.21. The first-order valence-electron chi connectivity index (χ1n) is 6.88. The Labute approximate surface area is 110 Å². The number of aliphatic hydroxyl groups excluding tert-OH is 1. The van der Waals surface area contributed by atoms with Gasteiger partial charge in [0.15, 0.2) is 0 Å². The van der Waals surface area contributed by atoms with Gasteiger partial charge in [0.1, 0.15) is 0 Å². The van der Waals surface area contributed by atoms with E-state index in [4.69, 9.17) is 0 Å². The Morgan fingerprint density at radius 3 is 2.17 bits per heavy atom. The number of rotatable bonds is 4. The smallest absolute Gasteiger partial charge is 0.0628 e. The predicted octanol–water partition coefficient (Wildman–Crippen LogP) is 1.75. The average molecular weight is 248 g/mol. The molecule has 1 saturated heterocycles. The van der Waals surface area contributed by atoms with E-state index in [-0.39, 0.29) is 12.6 Å².